The SMILES string of the molecule is BrCc1cc2c(cn1)OC1(CCCC1)O2. The smallest absolute Gasteiger partial charge is 0.251 e. The Labute approximate surface area is 96.9 Å². The van der Waals surface area contributed by atoms with Crippen molar-refractivity contribution in [3.8, 4) is 11.5 Å². The Hall–Kier alpha value is -0.770. The molecule has 0 saturated heterocycles. The van der Waals surface area contributed by atoms with Crippen LogP contribution in [0.15, 0.2) is 12.3 Å². The molecule has 15 heavy (non-hydrogen) atoms. The van der Waals surface area contributed by atoms with Gasteiger partial charge in [-0.25, -0.2) is 0 Å². The maximum atomic E-state index is 5.91. The number of hydrogen-bond acceptors (Lipinski definition) is 3. The third kappa shape index (κ3) is 1.51. The molecule has 0 atom stereocenters. The molecule has 1 aromatic rings. The fourth-order valence-corrected chi connectivity index (χ4v) is 2.54. The molecule has 1 aliphatic carbocycles. The Morgan fingerprint density at radius 1 is 1.27 bits per heavy atom. The van der Waals surface area contributed by atoms with Crippen molar-refractivity contribution >= 4 is 15.9 Å². The van der Waals surface area contributed by atoms with Gasteiger partial charge in [0.1, 0.15) is 0 Å². The van der Waals surface area contributed by atoms with E-state index in [1.807, 2.05) is 6.07 Å². The minimum Gasteiger partial charge on any atom is -0.448 e. The number of pyridine rings is 1. The summed E-state index contributed by atoms with van der Waals surface area (Å²) in [4.78, 5) is 4.27. The van der Waals surface area contributed by atoms with Gasteiger partial charge in [0.05, 0.1) is 11.9 Å². The Balaban J connectivity index is 1.92. The summed E-state index contributed by atoms with van der Waals surface area (Å²) in [6.07, 6.45) is 6.12. The minimum atomic E-state index is -0.366. The normalized spacial score (nSPS) is 21.1. The van der Waals surface area contributed by atoms with Crippen LogP contribution in [0.4, 0.5) is 0 Å². The quantitative estimate of drug-likeness (QED) is 0.735. The predicted molar refractivity (Wildman–Crippen MR) is 59.3 cm³/mol. The molecular weight excluding hydrogens is 258 g/mol. The fraction of sp³-hybridized carbons (Fsp3) is 0.545. The van der Waals surface area contributed by atoms with E-state index in [2.05, 4.69) is 20.9 Å². The average Bonchev–Trinajstić information content (AvgIpc) is 2.84. The predicted octanol–water partition coefficient (Wildman–Crippen LogP) is 3.02. The Morgan fingerprint density at radius 2 is 2.00 bits per heavy atom. The Kier molecular flexibility index (Phi) is 2.12. The lowest BCUT2D eigenvalue weighted by atomic mass is 10.2. The summed E-state index contributed by atoms with van der Waals surface area (Å²) >= 11 is 3.38. The van der Waals surface area contributed by atoms with E-state index in [0.29, 0.717) is 0 Å². The van der Waals surface area contributed by atoms with Crippen LogP contribution in [0.3, 0.4) is 0 Å². The van der Waals surface area contributed by atoms with Crippen LogP contribution in [0.2, 0.25) is 0 Å². The Bertz CT molecular complexity index is 388. The highest BCUT2D eigenvalue weighted by atomic mass is 79.9. The summed E-state index contributed by atoms with van der Waals surface area (Å²) in [6.45, 7) is 0. The fourth-order valence-electron chi connectivity index (χ4n) is 2.23. The molecule has 2 aliphatic rings. The molecular formula is C11H12BrNO2. The lowest BCUT2D eigenvalue weighted by Gasteiger charge is -2.21. The van der Waals surface area contributed by atoms with E-state index in [-0.39, 0.29) is 5.79 Å². The number of hydrogen-bond donors (Lipinski definition) is 0. The first-order valence-electron chi connectivity index (χ1n) is 5.24. The second-order valence-corrected chi connectivity index (χ2v) is 4.64. The van der Waals surface area contributed by atoms with E-state index < -0.39 is 0 Å². The monoisotopic (exact) mass is 269 g/mol. The summed E-state index contributed by atoms with van der Waals surface area (Å²) in [5.41, 5.74) is 0.979. The van der Waals surface area contributed by atoms with E-state index >= 15 is 0 Å². The van der Waals surface area contributed by atoms with Gasteiger partial charge in [0.15, 0.2) is 11.5 Å². The van der Waals surface area contributed by atoms with E-state index in [1.165, 1.54) is 12.8 Å². The molecule has 2 heterocycles. The van der Waals surface area contributed by atoms with Crippen LogP contribution in [-0.2, 0) is 5.33 Å². The topological polar surface area (TPSA) is 31.4 Å². The molecule has 0 unspecified atom stereocenters. The van der Waals surface area contributed by atoms with E-state index in [1.54, 1.807) is 6.20 Å². The van der Waals surface area contributed by atoms with Crippen molar-refractivity contribution < 1.29 is 9.47 Å². The van der Waals surface area contributed by atoms with Crippen LogP contribution < -0.4 is 9.47 Å². The number of alkyl halides is 1. The molecule has 80 valence electrons. The van der Waals surface area contributed by atoms with Crippen LogP contribution in [0, 0.1) is 0 Å². The van der Waals surface area contributed by atoms with Crippen molar-refractivity contribution in [3.05, 3.63) is 18.0 Å². The summed E-state index contributed by atoms with van der Waals surface area (Å²) < 4.78 is 11.8. The van der Waals surface area contributed by atoms with Gasteiger partial charge < -0.3 is 9.47 Å². The van der Waals surface area contributed by atoms with Gasteiger partial charge in [-0.3, -0.25) is 4.98 Å². The lowest BCUT2D eigenvalue weighted by molar-refractivity contribution is -0.0717. The molecule has 0 bridgehead atoms. The molecule has 1 aromatic heterocycles. The van der Waals surface area contributed by atoms with Gasteiger partial charge in [0, 0.05) is 24.2 Å². The highest BCUT2D eigenvalue weighted by Gasteiger charge is 2.44. The number of ether oxygens (including phenoxy) is 2. The molecule has 0 radical (unpaired) electrons. The molecule has 4 heteroatoms. The first-order chi connectivity index (χ1) is 7.31. The van der Waals surface area contributed by atoms with Crippen LogP contribution in [0.5, 0.6) is 11.5 Å². The highest BCUT2D eigenvalue weighted by Crippen LogP contribution is 2.46. The molecule has 0 amide bonds. The van der Waals surface area contributed by atoms with E-state index in [0.717, 1.165) is 35.4 Å². The van der Waals surface area contributed by atoms with Crippen molar-refractivity contribution in [2.24, 2.45) is 0 Å². The largest absolute Gasteiger partial charge is 0.448 e. The molecule has 3 nitrogen and oxygen atoms in total. The average molecular weight is 270 g/mol. The third-order valence-electron chi connectivity index (χ3n) is 2.98. The van der Waals surface area contributed by atoms with E-state index in [9.17, 15) is 0 Å². The van der Waals surface area contributed by atoms with Crippen molar-refractivity contribution in [1.82, 2.24) is 4.98 Å². The summed E-state index contributed by atoms with van der Waals surface area (Å²) in [5, 5.41) is 0.747. The Morgan fingerprint density at radius 3 is 2.73 bits per heavy atom. The van der Waals surface area contributed by atoms with Gasteiger partial charge in [-0.1, -0.05) is 15.9 Å². The van der Waals surface area contributed by atoms with Crippen molar-refractivity contribution in [2.75, 3.05) is 0 Å². The summed E-state index contributed by atoms with van der Waals surface area (Å²) in [6, 6.07) is 1.96. The molecule has 0 N–H and O–H groups in total. The van der Waals surface area contributed by atoms with Gasteiger partial charge in [-0.15, -0.1) is 0 Å². The van der Waals surface area contributed by atoms with E-state index in [4.69, 9.17) is 9.47 Å². The van der Waals surface area contributed by atoms with Crippen LogP contribution >= 0.6 is 15.9 Å². The number of nitrogens with zero attached hydrogens (tertiary/aromatic N) is 1. The van der Waals surface area contributed by atoms with Gasteiger partial charge >= 0.3 is 0 Å². The molecule has 1 fully saturated rings. The van der Waals surface area contributed by atoms with Gasteiger partial charge in [-0.05, 0) is 12.8 Å². The zero-order chi connectivity index (χ0) is 10.3. The number of rotatable bonds is 1. The van der Waals surface area contributed by atoms with Crippen molar-refractivity contribution in [1.29, 1.82) is 0 Å². The maximum absolute atomic E-state index is 5.91. The second kappa shape index (κ2) is 3.37. The molecule has 1 saturated carbocycles. The molecule has 1 spiro atoms. The van der Waals surface area contributed by atoms with Crippen LogP contribution in [0.25, 0.3) is 0 Å². The van der Waals surface area contributed by atoms with Crippen LogP contribution in [-0.4, -0.2) is 10.8 Å². The van der Waals surface area contributed by atoms with Crippen molar-refractivity contribution in [2.45, 2.75) is 36.8 Å². The van der Waals surface area contributed by atoms with Crippen molar-refractivity contribution in [3.63, 3.8) is 0 Å². The minimum absolute atomic E-state index is 0.366. The summed E-state index contributed by atoms with van der Waals surface area (Å²) in [7, 11) is 0. The molecule has 1 aliphatic heterocycles. The number of aromatic nitrogens is 1. The molecule has 3 rings (SSSR count). The van der Waals surface area contributed by atoms with Gasteiger partial charge in [-0.2, -0.15) is 0 Å². The third-order valence-corrected chi connectivity index (χ3v) is 3.56. The first-order valence-corrected chi connectivity index (χ1v) is 6.36. The van der Waals surface area contributed by atoms with Crippen LogP contribution in [0.1, 0.15) is 31.4 Å². The first kappa shape index (κ1) is 9.46. The maximum Gasteiger partial charge on any atom is 0.251 e. The summed E-state index contributed by atoms with van der Waals surface area (Å²) in [5.74, 6) is 1.28. The lowest BCUT2D eigenvalue weighted by Crippen LogP contribution is -2.34. The number of halogens is 1. The van der Waals surface area contributed by atoms with Gasteiger partial charge in [0.25, 0.3) is 5.79 Å². The zero-order valence-corrected chi connectivity index (χ0v) is 9.92. The second-order valence-electron chi connectivity index (χ2n) is 4.08. The highest BCUT2D eigenvalue weighted by molar-refractivity contribution is 9.08. The zero-order valence-electron chi connectivity index (χ0n) is 8.33. The molecule has 0 aromatic carbocycles. The standard InChI is InChI=1S/C11H12BrNO2/c12-6-8-5-9-10(7-13-8)15-11(14-9)3-1-2-4-11/h5,7H,1-4,6H2. The number of fused-ring (bicyclic) bond motifs is 1. The van der Waals surface area contributed by atoms with Gasteiger partial charge in [0.2, 0.25) is 0 Å².